The van der Waals surface area contributed by atoms with Crippen LogP contribution < -0.4 is 0 Å². The molecule has 1 aromatic rings. The van der Waals surface area contributed by atoms with Crippen LogP contribution in [0.5, 0.6) is 0 Å². The van der Waals surface area contributed by atoms with Gasteiger partial charge in [0.2, 0.25) is 0 Å². The molecular formula is C11H9NO5. The molecule has 0 bridgehead atoms. The van der Waals surface area contributed by atoms with E-state index in [-0.39, 0.29) is 23.2 Å². The van der Waals surface area contributed by atoms with Gasteiger partial charge in [0.1, 0.15) is 6.29 Å². The summed E-state index contributed by atoms with van der Waals surface area (Å²) in [4.78, 5) is 30.8. The summed E-state index contributed by atoms with van der Waals surface area (Å²) in [6.07, 6.45) is 3.69. The largest absolute Gasteiger partial charge is 0.478 e. The van der Waals surface area contributed by atoms with E-state index in [0.717, 1.165) is 6.07 Å². The van der Waals surface area contributed by atoms with Crippen molar-refractivity contribution in [1.82, 2.24) is 0 Å². The van der Waals surface area contributed by atoms with Crippen molar-refractivity contribution in [3.8, 4) is 0 Å². The quantitative estimate of drug-likeness (QED) is 0.477. The smallest absolute Gasteiger partial charge is 0.335 e. The molecule has 0 spiro atoms. The number of hydrogen-bond donors (Lipinski definition) is 1. The minimum Gasteiger partial charge on any atom is -0.478 e. The van der Waals surface area contributed by atoms with E-state index in [1.807, 2.05) is 0 Å². The third-order valence-corrected chi connectivity index (χ3v) is 2.00. The zero-order chi connectivity index (χ0) is 12.8. The van der Waals surface area contributed by atoms with Crippen LogP contribution in [0.4, 0.5) is 5.69 Å². The molecule has 6 nitrogen and oxygen atoms in total. The highest BCUT2D eigenvalue weighted by atomic mass is 16.6. The summed E-state index contributed by atoms with van der Waals surface area (Å²) in [6, 6.07) is 3.60. The molecule has 0 aliphatic carbocycles. The molecule has 17 heavy (non-hydrogen) atoms. The monoisotopic (exact) mass is 235 g/mol. The summed E-state index contributed by atoms with van der Waals surface area (Å²) in [5.41, 5.74) is -0.182. The molecule has 0 unspecified atom stereocenters. The molecule has 0 aliphatic rings. The predicted octanol–water partition coefficient (Wildman–Crippen LogP) is 1.90. The van der Waals surface area contributed by atoms with E-state index in [1.165, 1.54) is 24.3 Å². The summed E-state index contributed by atoms with van der Waals surface area (Å²) in [7, 11) is 0. The minimum atomic E-state index is -1.23. The second-order valence-corrected chi connectivity index (χ2v) is 3.14. The lowest BCUT2D eigenvalue weighted by molar-refractivity contribution is -0.385. The van der Waals surface area contributed by atoms with Gasteiger partial charge in [0.15, 0.2) is 0 Å². The van der Waals surface area contributed by atoms with Gasteiger partial charge in [-0.25, -0.2) is 4.79 Å². The fraction of sp³-hybridized carbons (Fsp3) is 0.0909. The van der Waals surface area contributed by atoms with Crippen molar-refractivity contribution in [2.24, 2.45) is 0 Å². The maximum Gasteiger partial charge on any atom is 0.335 e. The Balaban J connectivity index is 3.17. The SMILES string of the molecule is O=CCC=Cc1ccc(C(=O)O)cc1[N+](=O)[O-]. The number of nitro benzene ring substituents is 1. The highest BCUT2D eigenvalue weighted by Gasteiger charge is 2.15. The lowest BCUT2D eigenvalue weighted by atomic mass is 10.1. The van der Waals surface area contributed by atoms with Crippen molar-refractivity contribution in [2.45, 2.75) is 6.42 Å². The van der Waals surface area contributed by atoms with Crippen LogP contribution in [0.2, 0.25) is 0 Å². The standard InChI is InChI=1S/C11H9NO5/c13-6-2-1-3-8-4-5-9(11(14)15)7-10(8)12(16)17/h1,3-7H,2H2,(H,14,15). The average molecular weight is 235 g/mol. The van der Waals surface area contributed by atoms with Crippen LogP contribution in [0.3, 0.4) is 0 Å². The number of benzene rings is 1. The first kappa shape index (κ1) is 12.6. The number of carbonyl (C=O) groups excluding carboxylic acids is 1. The molecule has 6 heteroatoms. The maximum absolute atomic E-state index is 10.7. The Bertz CT molecular complexity index is 493. The summed E-state index contributed by atoms with van der Waals surface area (Å²) in [5.74, 6) is -1.23. The third kappa shape index (κ3) is 3.23. The number of rotatable bonds is 5. The van der Waals surface area contributed by atoms with Crippen LogP contribution in [0.1, 0.15) is 22.3 Å². The Kier molecular flexibility index (Phi) is 4.10. The zero-order valence-corrected chi connectivity index (χ0v) is 8.70. The van der Waals surface area contributed by atoms with Gasteiger partial charge in [-0.05, 0) is 12.1 Å². The molecule has 1 aromatic carbocycles. The lowest BCUT2D eigenvalue weighted by Crippen LogP contribution is -1.99. The Morgan fingerprint density at radius 1 is 1.47 bits per heavy atom. The molecule has 0 saturated heterocycles. The van der Waals surface area contributed by atoms with Crippen molar-refractivity contribution in [3.63, 3.8) is 0 Å². The first-order valence-corrected chi connectivity index (χ1v) is 4.68. The Hall–Kier alpha value is -2.50. The van der Waals surface area contributed by atoms with Gasteiger partial charge in [0, 0.05) is 12.5 Å². The van der Waals surface area contributed by atoms with E-state index < -0.39 is 10.9 Å². The van der Waals surface area contributed by atoms with E-state index >= 15 is 0 Å². The van der Waals surface area contributed by atoms with Gasteiger partial charge in [0.25, 0.3) is 5.69 Å². The van der Waals surface area contributed by atoms with Gasteiger partial charge < -0.3 is 9.90 Å². The van der Waals surface area contributed by atoms with Crippen molar-refractivity contribution < 1.29 is 19.6 Å². The van der Waals surface area contributed by atoms with Crippen molar-refractivity contribution >= 4 is 24.0 Å². The number of carboxylic acids is 1. The highest BCUT2D eigenvalue weighted by Crippen LogP contribution is 2.21. The molecule has 0 atom stereocenters. The first-order valence-electron chi connectivity index (χ1n) is 4.68. The molecule has 1 rings (SSSR count). The molecule has 0 saturated carbocycles. The number of nitrogens with zero attached hydrogens (tertiary/aromatic N) is 1. The lowest BCUT2D eigenvalue weighted by Gasteiger charge is -1.99. The number of nitro groups is 1. The van der Waals surface area contributed by atoms with Crippen molar-refractivity contribution in [1.29, 1.82) is 0 Å². The number of aldehydes is 1. The molecule has 0 aliphatic heterocycles. The second kappa shape index (κ2) is 5.55. The zero-order valence-electron chi connectivity index (χ0n) is 8.70. The summed E-state index contributed by atoms with van der Waals surface area (Å²) >= 11 is 0. The van der Waals surface area contributed by atoms with Gasteiger partial charge in [-0.2, -0.15) is 0 Å². The Morgan fingerprint density at radius 2 is 2.18 bits per heavy atom. The summed E-state index contributed by atoms with van der Waals surface area (Å²) in [6.45, 7) is 0. The van der Waals surface area contributed by atoms with Crippen LogP contribution in [0, 0.1) is 10.1 Å². The molecule has 0 aromatic heterocycles. The van der Waals surface area contributed by atoms with Crippen LogP contribution in [0.25, 0.3) is 6.08 Å². The Labute approximate surface area is 96.3 Å². The predicted molar refractivity (Wildman–Crippen MR) is 59.8 cm³/mol. The fourth-order valence-electron chi connectivity index (χ4n) is 1.23. The number of carboxylic acid groups (broad SMARTS) is 1. The van der Waals surface area contributed by atoms with Crippen molar-refractivity contribution in [2.75, 3.05) is 0 Å². The molecule has 88 valence electrons. The number of allylic oxidation sites excluding steroid dienone is 1. The van der Waals surface area contributed by atoms with Crippen LogP contribution in [-0.2, 0) is 4.79 Å². The molecular weight excluding hydrogens is 226 g/mol. The molecule has 1 N–H and O–H groups in total. The second-order valence-electron chi connectivity index (χ2n) is 3.14. The van der Waals surface area contributed by atoms with Crippen LogP contribution >= 0.6 is 0 Å². The number of hydrogen-bond acceptors (Lipinski definition) is 4. The van der Waals surface area contributed by atoms with Gasteiger partial charge in [-0.1, -0.05) is 12.2 Å². The maximum atomic E-state index is 10.7. The molecule has 0 fully saturated rings. The van der Waals surface area contributed by atoms with Gasteiger partial charge >= 0.3 is 5.97 Å². The normalized spacial score (nSPS) is 10.4. The fourth-order valence-corrected chi connectivity index (χ4v) is 1.23. The van der Waals surface area contributed by atoms with Gasteiger partial charge in [-0.3, -0.25) is 10.1 Å². The molecule has 0 radical (unpaired) electrons. The van der Waals surface area contributed by atoms with Crippen LogP contribution in [-0.4, -0.2) is 22.3 Å². The number of aromatic carboxylic acids is 1. The highest BCUT2D eigenvalue weighted by molar-refractivity contribution is 5.89. The van der Waals surface area contributed by atoms with E-state index in [0.29, 0.717) is 6.29 Å². The minimum absolute atomic E-state index is 0.149. The summed E-state index contributed by atoms with van der Waals surface area (Å²) in [5, 5.41) is 19.4. The topological polar surface area (TPSA) is 97.5 Å². The van der Waals surface area contributed by atoms with E-state index in [2.05, 4.69) is 0 Å². The van der Waals surface area contributed by atoms with E-state index in [9.17, 15) is 19.7 Å². The third-order valence-electron chi connectivity index (χ3n) is 2.00. The molecule has 0 amide bonds. The summed E-state index contributed by atoms with van der Waals surface area (Å²) < 4.78 is 0. The van der Waals surface area contributed by atoms with E-state index in [1.54, 1.807) is 0 Å². The molecule has 0 heterocycles. The van der Waals surface area contributed by atoms with Gasteiger partial charge in [-0.15, -0.1) is 0 Å². The first-order chi connectivity index (χ1) is 8.06. The van der Waals surface area contributed by atoms with Crippen molar-refractivity contribution in [3.05, 3.63) is 45.5 Å². The van der Waals surface area contributed by atoms with Crippen LogP contribution in [0.15, 0.2) is 24.3 Å². The van der Waals surface area contributed by atoms with E-state index in [4.69, 9.17) is 5.11 Å². The Morgan fingerprint density at radius 3 is 2.71 bits per heavy atom. The average Bonchev–Trinajstić information content (AvgIpc) is 2.29. The number of carbonyl (C=O) groups is 2. The van der Waals surface area contributed by atoms with Gasteiger partial charge in [0.05, 0.1) is 16.1 Å².